The molecule has 44 heavy (non-hydrogen) atoms. The monoisotopic (exact) mass is 596 g/mol. The number of anilines is 1. The Morgan fingerprint density at radius 1 is 1.11 bits per heavy atom. The first-order valence-electron chi connectivity index (χ1n) is 16.4. The van der Waals surface area contributed by atoms with Gasteiger partial charge in [-0.1, -0.05) is 50.6 Å². The van der Waals surface area contributed by atoms with Crippen LogP contribution in [0, 0.1) is 23.2 Å². The summed E-state index contributed by atoms with van der Waals surface area (Å²) in [6.07, 6.45) is 9.18. The lowest BCUT2D eigenvalue weighted by molar-refractivity contribution is 0.0356. The minimum atomic E-state index is -0.354. The Bertz CT molecular complexity index is 1370. The van der Waals surface area contributed by atoms with Crippen LogP contribution < -0.4 is 10.2 Å². The molecule has 3 aromatic rings. The lowest BCUT2D eigenvalue weighted by Gasteiger charge is -2.49. The van der Waals surface area contributed by atoms with Gasteiger partial charge in [0.2, 0.25) is 0 Å². The third kappa shape index (κ3) is 7.27. The average molecular weight is 597 g/mol. The molecule has 0 aliphatic carbocycles. The van der Waals surface area contributed by atoms with Crippen molar-refractivity contribution in [2.24, 2.45) is 11.8 Å². The lowest BCUT2D eigenvalue weighted by atomic mass is 9.63. The van der Waals surface area contributed by atoms with Crippen molar-refractivity contribution < 1.29 is 9.53 Å². The number of nitriles is 1. The summed E-state index contributed by atoms with van der Waals surface area (Å²) in [6.45, 7) is 10.6. The van der Waals surface area contributed by atoms with Gasteiger partial charge in [-0.2, -0.15) is 5.26 Å². The molecule has 0 bridgehead atoms. The highest BCUT2D eigenvalue weighted by atomic mass is 16.6. The van der Waals surface area contributed by atoms with E-state index < -0.39 is 0 Å². The molecule has 0 radical (unpaired) electrons. The van der Waals surface area contributed by atoms with Crippen LogP contribution in [0.25, 0.3) is 0 Å². The molecule has 1 N–H and O–H groups in total. The van der Waals surface area contributed by atoms with Gasteiger partial charge < -0.3 is 24.4 Å². The van der Waals surface area contributed by atoms with Gasteiger partial charge >= 0.3 is 6.09 Å². The van der Waals surface area contributed by atoms with Crippen molar-refractivity contribution in [1.29, 1.82) is 5.26 Å². The number of likely N-dealkylation sites (tertiary alicyclic amines) is 1. The molecule has 5 rings (SSSR count). The number of alkyl carbamates (subject to hydrolysis) is 1. The van der Waals surface area contributed by atoms with Crippen molar-refractivity contribution in [3.05, 3.63) is 83.9 Å². The van der Waals surface area contributed by atoms with Gasteiger partial charge in [-0.05, 0) is 74.5 Å². The van der Waals surface area contributed by atoms with Crippen molar-refractivity contribution in [2.45, 2.75) is 70.4 Å². The van der Waals surface area contributed by atoms with Crippen LogP contribution in [-0.4, -0.2) is 66.4 Å². The normalized spacial score (nSPS) is 18.2. The largest absolute Gasteiger partial charge is 0.446 e. The third-order valence-electron chi connectivity index (χ3n) is 9.80. The van der Waals surface area contributed by atoms with Gasteiger partial charge in [-0.25, -0.2) is 9.78 Å². The molecule has 0 spiro atoms. The molecule has 8 nitrogen and oxygen atoms in total. The zero-order valence-corrected chi connectivity index (χ0v) is 26.6. The molecule has 2 saturated heterocycles. The highest BCUT2D eigenvalue weighted by Crippen LogP contribution is 2.45. The van der Waals surface area contributed by atoms with Crippen molar-refractivity contribution >= 4 is 11.8 Å². The highest BCUT2D eigenvalue weighted by Gasteiger charge is 2.45. The molecule has 2 aromatic carbocycles. The van der Waals surface area contributed by atoms with E-state index in [1.165, 1.54) is 11.3 Å². The standard InChI is InChI=1S/C36H48N6O2/c1-4-9-33(44-35(43)38-3)22-36(30-10-7-6-8-11-30,27-41-21-18-39-34(41)5-2)31-16-19-40(20-17-31)24-29-25-42(26-29)32-14-12-28(23-37)13-15-32/h6-8,10-15,18,21,29,31,33H,4-5,9,16-17,19-20,22,24-27H2,1-3H3,(H,38,43). The van der Waals surface area contributed by atoms with Gasteiger partial charge in [-0.15, -0.1) is 0 Å². The Kier molecular flexibility index (Phi) is 10.6. The Morgan fingerprint density at radius 3 is 2.48 bits per heavy atom. The first kappa shape index (κ1) is 31.6. The molecule has 2 aliphatic rings. The van der Waals surface area contributed by atoms with Gasteiger partial charge in [0.1, 0.15) is 11.9 Å². The summed E-state index contributed by atoms with van der Waals surface area (Å²) in [5, 5.41) is 11.8. The zero-order chi connectivity index (χ0) is 30.9. The molecule has 2 aliphatic heterocycles. The molecule has 3 heterocycles. The maximum absolute atomic E-state index is 12.5. The number of hydrogen-bond acceptors (Lipinski definition) is 6. The van der Waals surface area contributed by atoms with Crippen LogP contribution in [0.1, 0.15) is 62.9 Å². The number of piperidine rings is 1. The van der Waals surface area contributed by atoms with Gasteiger partial charge in [0.25, 0.3) is 0 Å². The number of imidazole rings is 1. The predicted molar refractivity (Wildman–Crippen MR) is 175 cm³/mol. The van der Waals surface area contributed by atoms with E-state index in [1.54, 1.807) is 7.05 Å². The second kappa shape index (κ2) is 14.8. The summed E-state index contributed by atoms with van der Waals surface area (Å²) in [5.74, 6) is 2.20. The number of carbonyl (C=O) groups is 1. The number of amides is 1. The van der Waals surface area contributed by atoms with E-state index in [1.807, 2.05) is 18.3 Å². The predicted octanol–water partition coefficient (Wildman–Crippen LogP) is 6.02. The van der Waals surface area contributed by atoms with E-state index in [-0.39, 0.29) is 17.6 Å². The van der Waals surface area contributed by atoms with Gasteiger partial charge in [0.15, 0.2) is 0 Å². The van der Waals surface area contributed by atoms with E-state index in [0.717, 1.165) is 83.6 Å². The number of aryl methyl sites for hydroxylation is 1. The fraction of sp³-hybridized carbons (Fsp3) is 0.528. The van der Waals surface area contributed by atoms with Crippen molar-refractivity contribution in [2.75, 3.05) is 44.7 Å². The fourth-order valence-corrected chi connectivity index (χ4v) is 7.50. The molecular weight excluding hydrogens is 548 g/mol. The van der Waals surface area contributed by atoms with Crippen molar-refractivity contribution in [3.63, 3.8) is 0 Å². The zero-order valence-electron chi connectivity index (χ0n) is 26.6. The van der Waals surface area contributed by atoms with Crippen LogP contribution in [0.15, 0.2) is 67.0 Å². The van der Waals surface area contributed by atoms with Crippen LogP contribution in [0.4, 0.5) is 10.5 Å². The van der Waals surface area contributed by atoms with Crippen LogP contribution in [-0.2, 0) is 23.1 Å². The SMILES string of the molecule is CCCC(CC(Cn1ccnc1CC)(c1ccccc1)C1CCN(CC2CN(c3ccc(C#N)cc3)C2)CC1)OC(=O)NC. The van der Waals surface area contributed by atoms with Crippen LogP contribution in [0.3, 0.4) is 0 Å². The second-order valence-corrected chi connectivity index (χ2v) is 12.6. The maximum atomic E-state index is 12.5. The average Bonchev–Trinajstić information content (AvgIpc) is 3.50. The lowest BCUT2D eigenvalue weighted by Crippen LogP contribution is -2.54. The van der Waals surface area contributed by atoms with E-state index in [2.05, 4.69) is 93.2 Å². The number of benzene rings is 2. The number of nitrogens with zero attached hydrogens (tertiary/aromatic N) is 5. The number of nitrogens with one attached hydrogen (secondary N) is 1. The van der Waals surface area contributed by atoms with Crippen LogP contribution in [0.5, 0.6) is 0 Å². The number of hydrogen-bond donors (Lipinski definition) is 1. The molecule has 2 unspecified atom stereocenters. The van der Waals surface area contributed by atoms with Gasteiger partial charge in [0, 0.05) is 69.1 Å². The summed E-state index contributed by atoms with van der Waals surface area (Å²) in [6, 6.07) is 21.1. The van der Waals surface area contributed by atoms with Crippen LogP contribution in [0.2, 0.25) is 0 Å². The molecule has 234 valence electrons. The van der Waals surface area contributed by atoms with E-state index >= 15 is 0 Å². The Hall–Kier alpha value is -3.83. The van der Waals surface area contributed by atoms with E-state index in [4.69, 9.17) is 10.00 Å². The van der Waals surface area contributed by atoms with Gasteiger partial charge in [0.05, 0.1) is 11.6 Å². The maximum Gasteiger partial charge on any atom is 0.407 e. The molecular formula is C36H48N6O2. The highest BCUT2D eigenvalue weighted by molar-refractivity contribution is 5.66. The summed E-state index contributed by atoms with van der Waals surface area (Å²) < 4.78 is 8.37. The van der Waals surface area contributed by atoms with Crippen molar-refractivity contribution in [3.8, 4) is 6.07 Å². The Morgan fingerprint density at radius 2 is 1.84 bits per heavy atom. The Balaban J connectivity index is 1.33. The number of aromatic nitrogens is 2. The smallest absolute Gasteiger partial charge is 0.407 e. The molecule has 1 aromatic heterocycles. The first-order valence-corrected chi connectivity index (χ1v) is 16.4. The van der Waals surface area contributed by atoms with Crippen molar-refractivity contribution in [1.82, 2.24) is 19.8 Å². The minimum Gasteiger partial charge on any atom is -0.446 e. The topological polar surface area (TPSA) is 86.4 Å². The van der Waals surface area contributed by atoms with Gasteiger partial charge in [-0.3, -0.25) is 0 Å². The van der Waals surface area contributed by atoms with E-state index in [0.29, 0.717) is 17.4 Å². The quantitative estimate of drug-likeness (QED) is 0.260. The number of carbonyl (C=O) groups excluding carboxylic acids is 1. The number of ether oxygens (including phenoxy) is 1. The Labute approximate surface area is 263 Å². The van der Waals surface area contributed by atoms with Crippen LogP contribution >= 0.6 is 0 Å². The molecule has 2 atom stereocenters. The van der Waals surface area contributed by atoms with E-state index in [9.17, 15) is 4.79 Å². The second-order valence-electron chi connectivity index (χ2n) is 12.6. The minimum absolute atomic E-state index is 0.171. The molecule has 1 amide bonds. The summed E-state index contributed by atoms with van der Waals surface area (Å²) in [5.41, 5.74) is 3.04. The third-order valence-corrected chi connectivity index (χ3v) is 9.80. The molecule has 2 fully saturated rings. The summed E-state index contributed by atoms with van der Waals surface area (Å²) in [7, 11) is 1.64. The summed E-state index contributed by atoms with van der Waals surface area (Å²) in [4.78, 5) is 22.2. The number of rotatable bonds is 13. The fourth-order valence-electron chi connectivity index (χ4n) is 7.50. The summed E-state index contributed by atoms with van der Waals surface area (Å²) >= 11 is 0. The molecule has 8 heteroatoms. The molecule has 0 saturated carbocycles. The first-order chi connectivity index (χ1) is 21.5.